The summed E-state index contributed by atoms with van der Waals surface area (Å²) in [6.45, 7) is 0.534. The summed E-state index contributed by atoms with van der Waals surface area (Å²) >= 11 is 0. The number of ether oxygens (including phenoxy) is 3. The number of fused-ring (bicyclic) bond motifs is 1. The average Bonchev–Trinajstić information content (AvgIpc) is 3.48. The summed E-state index contributed by atoms with van der Waals surface area (Å²) in [7, 11) is -0.967. The minimum atomic E-state index is -4.10. The number of hydrogen-bond acceptors (Lipinski definition) is 9. The Kier molecular flexibility index (Phi) is 7.66. The number of sulfonamides is 1. The van der Waals surface area contributed by atoms with Crippen molar-refractivity contribution in [3.8, 4) is 0 Å². The second-order valence-electron chi connectivity index (χ2n) is 9.08. The molecule has 1 aliphatic carbocycles. The number of carbonyl (C=O) groups excluding carboxylic acids is 1. The summed E-state index contributed by atoms with van der Waals surface area (Å²) in [6.07, 6.45) is 5.05. The lowest BCUT2D eigenvalue weighted by Gasteiger charge is -2.23. The first-order valence-electron chi connectivity index (χ1n) is 12.4. The van der Waals surface area contributed by atoms with E-state index in [2.05, 4.69) is 25.3 Å². The number of methoxy groups -OCH3 is 2. The van der Waals surface area contributed by atoms with Crippen LogP contribution >= 0.6 is 0 Å². The van der Waals surface area contributed by atoms with Gasteiger partial charge in [-0.05, 0) is 49.2 Å². The maximum atomic E-state index is 13.5. The van der Waals surface area contributed by atoms with E-state index in [1.165, 1.54) is 12.1 Å². The average molecular weight is 552 g/mol. The highest BCUT2D eigenvalue weighted by molar-refractivity contribution is 7.92. The first kappa shape index (κ1) is 26.4. The molecule has 0 saturated carbocycles. The number of rotatable bonds is 9. The van der Waals surface area contributed by atoms with E-state index < -0.39 is 16.1 Å². The molecule has 2 unspecified atom stereocenters. The van der Waals surface area contributed by atoms with Crippen LogP contribution in [0.1, 0.15) is 19.3 Å². The molecule has 1 aromatic heterocycles. The summed E-state index contributed by atoms with van der Waals surface area (Å²) in [5, 5.41) is 6.00. The smallest absolute Gasteiger partial charge is 0.263 e. The third-order valence-electron chi connectivity index (χ3n) is 6.35. The van der Waals surface area contributed by atoms with Crippen molar-refractivity contribution in [1.29, 1.82) is 0 Å². The van der Waals surface area contributed by atoms with Crippen LogP contribution in [0.2, 0.25) is 0 Å². The Morgan fingerprint density at radius 1 is 1.03 bits per heavy atom. The largest absolute Gasteiger partial charge is 0.501 e. The number of carbonyl (C=O) groups is 1. The molecular weight excluding hydrogens is 522 g/mol. The summed E-state index contributed by atoms with van der Waals surface area (Å²) in [6, 6.07) is 12.9. The zero-order chi connectivity index (χ0) is 27.4. The van der Waals surface area contributed by atoms with Crippen molar-refractivity contribution in [2.75, 3.05) is 36.2 Å². The molecule has 2 heterocycles. The number of aromatic nitrogens is 2. The Morgan fingerprint density at radius 3 is 2.49 bits per heavy atom. The fraction of sp³-hybridized carbons (Fsp3) is 0.296. The van der Waals surface area contributed by atoms with E-state index in [0.717, 1.165) is 6.42 Å². The zero-order valence-corrected chi connectivity index (χ0v) is 22.3. The SMILES string of the molecule is COC1=CC(Nc2nc3ccccc3nc2NS(=O)(=O)c2cccc(NC(=O)C3CCCO3)c2)CC(OC)=C1. The molecule has 12 heteroatoms. The lowest BCUT2D eigenvalue weighted by molar-refractivity contribution is -0.124. The maximum Gasteiger partial charge on any atom is 0.263 e. The van der Waals surface area contributed by atoms with Crippen molar-refractivity contribution in [2.24, 2.45) is 0 Å². The molecule has 204 valence electrons. The summed E-state index contributed by atoms with van der Waals surface area (Å²) in [4.78, 5) is 21.6. The van der Waals surface area contributed by atoms with Gasteiger partial charge in [0.2, 0.25) is 0 Å². The van der Waals surface area contributed by atoms with Gasteiger partial charge in [-0.3, -0.25) is 9.52 Å². The van der Waals surface area contributed by atoms with Gasteiger partial charge in [-0.25, -0.2) is 18.4 Å². The predicted molar refractivity (Wildman–Crippen MR) is 147 cm³/mol. The zero-order valence-electron chi connectivity index (χ0n) is 21.5. The van der Waals surface area contributed by atoms with Crippen LogP contribution in [-0.2, 0) is 29.0 Å². The van der Waals surface area contributed by atoms with Crippen LogP contribution in [0.5, 0.6) is 0 Å². The normalized spacial score (nSPS) is 19.1. The fourth-order valence-corrected chi connectivity index (χ4v) is 5.44. The van der Waals surface area contributed by atoms with Crippen LogP contribution < -0.4 is 15.4 Å². The number of hydrogen-bond donors (Lipinski definition) is 3. The number of benzene rings is 2. The molecule has 11 nitrogen and oxygen atoms in total. The van der Waals surface area contributed by atoms with Crippen molar-refractivity contribution in [2.45, 2.75) is 36.3 Å². The Balaban J connectivity index is 1.43. The van der Waals surface area contributed by atoms with Crippen LogP contribution in [0.15, 0.2) is 77.1 Å². The number of amides is 1. The molecule has 3 aromatic rings. The van der Waals surface area contributed by atoms with Crippen LogP contribution in [-0.4, -0.2) is 57.3 Å². The molecule has 0 bridgehead atoms. The molecule has 1 saturated heterocycles. The molecule has 1 fully saturated rings. The third-order valence-corrected chi connectivity index (χ3v) is 7.68. The number of allylic oxidation sites excluding steroid dienone is 1. The van der Waals surface area contributed by atoms with Gasteiger partial charge in [0.25, 0.3) is 15.9 Å². The van der Waals surface area contributed by atoms with Gasteiger partial charge in [-0.15, -0.1) is 0 Å². The molecule has 5 rings (SSSR count). The highest BCUT2D eigenvalue weighted by Gasteiger charge is 2.25. The molecule has 3 N–H and O–H groups in total. The van der Waals surface area contributed by atoms with Crippen molar-refractivity contribution in [1.82, 2.24) is 9.97 Å². The van der Waals surface area contributed by atoms with Crippen LogP contribution in [0.4, 0.5) is 17.3 Å². The van der Waals surface area contributed by atoms with Crippen LogP contribution in [0.25, 0.3) is 11.0 Å². The van der Waals surface area contributed by atoms with Gasteiger partial charge in [0.15, 0.2) is 11.6 Å². The lowest BCUT2D eigenvalue weighted by atomic mass is 10.1. The van der Waals surface area contributed by atoms with E-state index in [0.29, 0.717) is 47.7 Å². The minimum absolute atomic E-state index is 0.0309. The molecule has 0 spiro atoms. The second kappa shape index (κ2) is 11.3. The maximum absolute atomic E-state index is 13.5. The Morgan fingerprint density at radius 2 is 1.79 bits per heavy atom. The fourth-order valence-electron chi connectivity index (χ4n) is 4.38. The Bertz CT molecular complexity index is 1550. The number of nitrogens with zero attached hydrogens (tertiary/aromatic N) is 2. The van der Waals surface area contributed by atoms with E-state index in [-0.39, 0.29) is 28.5 Å². The van der Waals surface area contributed by atoms with Gasteiger partial charge in [0, 0.05) is 24.8 Å². The summed E-state index contributed by atoms with van der Waals surface area (Å²) in [5.41, 5.74) is 1.46. The molecule has 0 radical (unpaired) electrons. The molecular formula is C27H29N5O6S. The molecule has 1 aliphatic heterocycles. The molecule has 1 amide bonds. The number of anilines is 3. The minimum Gasteiger partial charge on any atom is -0.501 e. The highest BCUT2D eigenvalue weighted by Crippen LogP contribution is 2.28. The van der Waals surface area contributed by atoms with Crippen LogP contribution in [0.3, 0.4) is 0 Å². The van der Waals surface area contributed by atoms with Gasteiger partial charge < -0.3 is 24.8 Å². The molecule has 2 aliphatic rings. The number of nitrogens with one attached hydrogen (secondary N) is 3. The molecule has 39 heavy (non-hydrogen) atoms. The summed E-state index contributed by atoms with van der Waals surface area (Å²) < 4.78 is 45.7. The topological polar surface area (TPSA) is 141 Å². The van der Waals surface area contributed by atoms with Crippen molar-refractivity contribution < 1.29 is 27.4 Å². The monoisotopic (exact) mass is 551 g/mol. The second-order valence-corrected chi connectivity index (χ2v) is 10.8. The lowest BCUT2D eigenvalue weighted by Crippen LogP contribution is -2.27. The Hall–Kier alpha value is -4.16. The summed E-state index contributed by atoms with van der Waals surface area (Å²) in [5.74, 6) is 1.28. The quantitative estimate of drug-likeness (QED) is 0.362. The van der Waals surface area contributed by atoms with Gasteiger partial charge in [0.1, 0.15) is 17.6 Å². The molecule has 2 atom stereocenters. The first-order valence-corrected chi connectivity index (χ1v) is 13.9. The van der Waals surface area contributed by atoms with Crippen molar-refractivity contribution >= 4 is 44.3 Å². The highest BCUT2D eigenvalue weighted by atomic mass is 32.2. The Labute approximate surface area is 226 Å². The third kappa shape index (κ3) is 6.13. The van der Waals surface area contributed by atoms with Gasteiger partial charge in [0.05, 0.1) is 36.2 Å². The molecule has 2 aromatic carbocycles. The standard InChI is InChI=1S/C27H29N5O6S/c1-36-19-13-18(14-20(16-19)37-2)28-25-26(31-23-10-4-3-9-22(23)30-25)32-39(34,35)21-8-5-7-17(15-21)29-27(33)24-11-6-12-38-24/h3-5,7-10,13,15-16,18,24H,6,11-12,14H2,1-2H3,(H,28,30)(H,29,33)(H,31,32). The van der Waals surface area contributed by atoms with E-state index in [1.54, 1.807) is 50.6 Å². The first-order chi connectivity index (χ1) is 18.8. The van der Waals surface area contributed by atoms with Crippen molar-refractivity contribution in [3.05, 3.63) is 72.2 Å². The van der Waals surface area contributed by atoms with Crippen molar-refractivity contribution in [3.63, 3.8) is 0 Å². The van der Waals surface area contributed by atoms with Crippen LogP contribution in [0, 0.1) is 0 Å². The van der Waals surface area contributed by atoms with E-state index >= 15 is 0 Å². The van der Waals surface area contributed by atoms with Gasteiger partial charge in [-0.1, -0.05) is 18.2 Å². The van der Waals surface area contributed by atoms with Gasteiger partial charge in [-0.2, -0.15) is 0 Å². The van der Waals surface area contributed by atoms with E-state index in [4.69, 9.17) is 14.2 Å². The van der Waals surface area contributed by atoms with E-state index in [9.17, 15) is 13.2 Å². The predicted octanol–water partition coefficient (Wildman–Crippen LogP) is 3.79. The van der Waals surface area contributed by atoms with E-state index in [1.807, 2.05) is 12.1 Å². The number of para-hydroxylation sites is 2. The van der Waals surface area contributed by atoms with Gasteiger partial charge >= 0.3 is 0 Å².